The van der Waals surface area contributed by atoms with Gasteiger partial charge in [-0.15, -0.1) is 13.2 Å². The van der Waals surface area contributed by atoms with E-state index in [9.17, 15) is 0 Å². The topological polar surface area (TPSA) is 0 Å². The van der Waals surface area contributed by atoms with E-state index < -0.39 is 0 Å². The maximum Gasteiger partial charge on any atom is -0.0202 e. The molecular formula is C13H22. The third-order valence-electron chi connectivity index (χ3n) is 3.35. The molecular weight excluding hydrogens is 156 g/mol. The van der Waals surface area contributed by atoms with E-state index in [0.717, 1.165) is 17.8 Å². The largest absolute Gasteiger partial charge is 0.103 e. The van der Waals surface area contributed by atoms with Crippen LogP contribution in [0.1, 0.15) is 39.0 Å². The maximum atomic E-state index is 3.94. The Bertz CT molecular complexity index is 169. The molecule has 3 atom stereocenters. The summed E-state index contributed by atoms with van der Waals surface area (Å²) in [5, 5.41) is 0. The zero-order chi connectivity index (χ0) is 9.68. The molecule has 3 unspecified atom stereocenters. The first-order valence-electron chi connectivity index (χ1n) is 5.56. The average molecular weight is 178 g/mol. The van der Waals surface area contributed by atoms with E-state index in [1.807, 2.05) is 0 Å². The lowest BCUT2D eigenvalue weighted by molar-refractivity contribution is 0.410. The van der Waals surface area contributed by atoms with Crippen molar-refractivity contribution in [2.24, 2.45) is 17.8 Å². The van der Waals surface area contributed by atoms with E-state index >= 15 is 0 Å². The zero-order valence-corrected chi connectivity index (χ0v) is 8.84. The van der Waals surface area contributed by atoms with Crippen molar-refractivity contribution < 1.29 is 0 Å². The van der Waals surface area contributed by atoms with Gasteiger partial charge in [-0.3, -0.25) is 0 Å². The molecule has 1 aliphatic carbocycles. The molecule has 74 valence electrons. The van der Waals surface area contributed by atoms with Gasteiger partial charge >= 0.3 is 0 Å². The van der Waals surface area contributed by atoms with E-state index in [4.69, 9.17) is 0 Å². The molecule has 0 nitrogen and oxygen atoms in total. The Kier molecular flexibility index (Phi) is 4.27. The Morgan fingerprint density at radius 3 is 2.54 bits per heavy atom. The maximum absolute atomic E-state index is 3.94. The van der Waals surface area contributed by atoms with Gasteiger partial charge in [-0.1, -0.05) is 31.9 Å². The van der Waals surface area contributed by atoms with Crippen LogP contribution in [0.4, 0.5) is 0 Å². The minimum atomic E-state index is 0.754. The van der Waals surface area contributed by atoms with Crippen LogP contribution in [0.2, 0.25) is 0 Å². The summed E-state index contributed by atoms with van der Waals surface area (Å²) in [7, 11) is 0. The lowest BCUT2D eigenvalue weighted by Crippen LogP contribution is -2.04. The van der Waals surface area contributed by atoms with Crippen LogP contribution in [0.25, 0.3) is 0 Å². The normalized spacial score (nSPS) is 33.2. The summed E-state index contributed by atoms with van der Waals surface area (Å²) in [6.45, 7) is 10.1. The smallest absolute Gasteiger partial charge is 0.0202 e. The molecule has 1 aliphatic rings. The highest BCUT2D eigenvalue weighted by atomic mass is 14.3. The predicted molar refractivity (Wildman–Crippen MR) is 59.6 cm³/mol. The molecule has 0 heteroatoms. The number of rotatable bonds is 5. The zero-order valence-electron chi connectivity index (χ0n) is 8.84. The second-order valence-corrected chi connectivity index (χ2v) is 4.27. The van der Waals surface area contributed by atoms with Crippen LogP contribution >= 0.6 is 0 Å². The van der Waals surface area contributed by atoms with Gasteiger partial charge in [0.15, 0.2) is 0 Å². The average Bonchev–Trinajstić information content (AvgIpc) is 2.57. The van der Waals surface area contributed by atoms with Crippen molar-refractivity contribution in [2.75, 3.05) is 0 Å². The van der Waals surface area contributed by atoms with Crippen molar-refractivity contribution in [1.29, 1.82) is 0 Å². The van der Waals surface area contributed by atoms with Gasteiger partial charge in [0.2, 0.25) is 0 Å². The molecule has 13 heavy (non-hydrogen) atoms. The minimum absolute atomic E-state index is 0.754. The highest BCUT2D eigenvalue weighted by Gasteiger charge is 2.29. The minimum Gasteiger partial charge on any atom is -0.103 e. The molecule has 0 aromatic carbocycles. The van der Waals surface area contributed by atoms with Gasteiger partial charge in [-0.25, -0.2) is 0 Å². The second-order valence-electron chi connectivity index (χ2n) is 4.27. The molecule has 0 spiro atoms. The quantitative estimate of drug-likeness (QED) is 0.554. The number of unbranched alkanes of at least 4 members (excludes halogenated alkanes) is 1. The summed E-state index contributed by atoms with van der Waals surface area (Å²) < 4.78 is 0. The van der Waals surface area contributed by atoms with Gasteiger partial charge in [-0.2, -0.15) is 0 Å². The molecule has 1 saturated carbocycles. The molecule has 0 bridgehead atoms. The number of hydrogen-bond acceptors (Lipinski definition) is 0. The van der Waals surface area contributed by atoms with Gasteiger partial charge in [-0.05, 0) is 37.0 Å². The fraction of sp³-hybridized carbons (Fsp3) is 0.692. The van der Waals surface area contributed by atoms with Crippen molar-refractivity contribution in [1.82, 2.24) is 0 Å². The van der Waals surface area contributed by atoms with Crippen molar-refractivity contribution in [3.63, 3.8) is 0 Å². The summed E-state index contributed by atoms with van der Waals surface area (Å²) in [5.74, 6) is 2.40. The first-order valence-corrected chi connectivity index (χ1v) is 5.56. The summed E-state index contributed by atoms with van der Waals surface area (Å²) in [6.07, 6.45) is 11.0. The van der Waals surface area contributed by atoms with Gasteiger partial charge in [0.05, 0.1) is 0 Å². The van der Waals surface area contributed by atoms with Crippen molar-refractivity contribution >= 4 is 0 Å². The van der Waals surface area contributed by atoms with Crippen molar-refractivity contribution in [2.45, 2.75) is 39.0 Å². The van der Waals surface area contributed by atoms with Crippen LogP contribution < -0.4 is 0 Å². The highest BCUT2D eigenvalue weighted by molar-refractivity contribution is 4.97. The van der Waals surface area contributed by atoms with E-state index in [1.165, 1.54) is 32.1 Å². The van der Waals surface area contributed by atoms with Gasteiger partial charge in [0.25, 0.3) is 0 Å². The Balaban J connectivity index is 2.42. The molecule has 1 fully saturated rings. The van der Waals surface area contributed by atoms with E-state index in [0.29, 0.717) is 0 Å². The molecule has 0 N–H and O–H groups in total. The highest BCUT2D eigenvalue weighted by Crippen LogP contribution is 2.40. The molecule has 0 amide bonds. The van der Waals surface area contributed by atoms with Crippen LogP contribution in [0.15, 0.2) is 25.3 Å². The molecule has 1 rings (SSSR count). The predicted octanol–water partition coefficient (Wildman–Crippen LogP) is 4.19. The first-order chi connectivity index (χ1) is 6.31. The van der Waals surface area contributed by atoms with Crippen LogP contribution in [0, 0.1) is 17.8 Å². The standard InChI is InChI=1S/C13H22/c1-4-7-8-13-10-11(5-2)9-12(13)6-3/h5-6,11-13H,2-4,7-10H2,1H3. The first kappa shape index (κ1) is 10.6. The fourth-order valence-corrected chi connectivity index (χ4v) is 2.48. The summed E-state index contributed by atoms with van der Waals surface area (Å²) in [4.78, 5) is 0. The van der Waals surface area contributed by atoms with Crippen molar-refractivity contribution in [3.05, 3.63) is 25.3 Å². The SMILES string of the molecule is C=CC1CC(C=C)C(CCCC)C1. The Labute approximate surface area is 82.7 Å². The van der Waals surface area contributed by atoms with Gasteiger partial charge in [0.1, 0.15) is 0 Å². The molecule has 0 saturated heterocycles. The van der Waals surface area contributed by atoms with E-state index in [1.54, 1.807) is 0 Å². The Morgan fingerprint density at radius 1 is 1.23 bits per heavy atom. The van der Waals surface area contributed by atoms with Crippen LogP contribution in [0.5, 0.6) is 0 Å². The van der Waals surface area contributed by atoms with E-state index in [-0.39, 0.29) is 0 Å². The molecule has 0 radical (unpaired) electrons. The molecule has 0 aromatic heterocycles. The van der Waals surface area contributed by atoms with Crippen LogP contribution in [0.3, 0.4) is 0 Å². The van der Waals surface area contributed by atoms with Gasteiger partial charge in [0, 0.05) is 0 Å². The van der Waals surface area contributed by atoms with Crippen LogP contribution in [-0.4, -0.2) is 0 Å². The lowest BCUT2D eigenvalue weighted by Gasteiger charge is -2.14. The molecule has 0 aliphatic heterocycles. The Morgan fingerprint density at radius 2 is 2.00 bits per heavy atom. The third-order valence-corrected chi connectivity index (χ3v) is 3.35. The number of allylic oxidation sites excluding steroid dienone is 2. The third kappa shape index (κ3) is 2.72. The summed E-state index contributed by atoms with van der Waals surface area (Å²) in [6, 6.07) is 0. The van der Waals surface area contributed by atoms with Gasteiger partial charge < -0.3 is 0 Å². The van der Waals surface area contributed by atoms with Crippen LogP contribution in [-0.2, 0) is 0 Å². The second kappa shape index (κ2) is 5.26. The van der Waals surface area contributed by atoms with E-state index in [2.05, 4.69) is 32.2 Å². The summed E-state index contributed by atoms with van der Waals surface area (Å²) in [5.41, 5.74) is 0. The monoisotopic (exact) mass is 178 g/mol. The lowest BCUT2D eigenvalue weighted by atomic mass is 9.91. The van der Waals surface area contributed by atoms with Crippen molar-refractivity contribution in [3.8, 4) is 0 Å². The Hall–Kier alpha value is -0.520. The number of hydrogen-bond donors (Lipinski definition) is 0. The molecule has 0 heterocycles. The summed E-state index contributed by atoms with van der Waals surface area (Å²) >= 11 is 0. The fourth-order valence-electron chi connectivity index (χ4n) is 2.48. The molecule has 0 aromatic rings.